The molecule has 0 bridgehead atoms. The first-order chi connectivity index (χ1) is 16.8. The van der Waals surface area contributed by atoms with E-state index in [2.05, 4.69) is 80.7 Å². The smallest absolute Gasteiger partial charge is 0.174 e. The molecule has 4 aromatic rings. The molecule has 1 aliphatic heterocycles. The van der Waals surface area contributed by atoms with Crippen molar-refractivity contribution in [2.24, 2.45) is 0 Å². The Kier molecular flexibility index (Phi) is 6.66. The lowest BCUT2D eigenvalue weighted by molar-refractivity contribution is 0.565. The van der Waals surface area contributed by atoms with Crippen molar-refractivity contribution in [2.75, 3.05) is 4.90 Å². The van der Waals surface area contributed by atoms with Crippen LogP contribution in [0.4, 0.5) is 5.69 Å². The highest BCUT2D eigenvalue weighted by Gasteiger charge is 2.42. The molecule has 0 amide bonds. The Balaban J connectivity index is 1.70. The minimum Gasteiger partial charge on any atom is -0.351 e. The molecule has 0 unspecified atom stereocenters. The van der Waals surface area contributed by atoms with Crippen LogP contribution in [0.25, 0.3) is 5.69 Å². The number of anilines is 1. The number of aryl methyl sites for hydroxylation is 2. The Hall–Kier alpha value is -2.38. The number of thiocarbonyl (C=S) groups is 1. The Labute approximate surface area is 229 Å². The predicted molar refractivity (Wildman–Crippen MR) is 152 cm³/mol. The number of rotatable bonds is 4. The molecular weight excluding hydrogens is 563 g/mol. The first kappa shape index (κ1) is 24.3. The van der Waals surface area contributed by atoms with Gasteiger partial charge in [0.15, 0.2) is 5.11 Å². The van der Waals surface area contributed by atoms with Crippen molar-refractivity contribution in [3.63, 3.8) is 0 Å². The summed E-state index contributed by atoms with van der Waals surface area (Å²) in [6.07, 6.45) is 1.82. The van der Waals surface area contributed by atoms with Gasteiger partial charge >= 0.3 is 0 Å². The van der Waals surface area contributed by atoms with Gasteiger partial charge in [0.05, 0.1) is 28.5 Å². The molecule has 0 radical (unpaired) electrons. The molecule has 1 fully saturated rings. The van der Waals surface area contributed by atoms with Crippen LogP contribution in [0.15, 0.2) is 71.3 Å². The number of hydrogen-bond acceptors (Lipinski definition) is 2. The van der Waals surface area contributed by atoms with Gasteiger partial charge in [0.25, 0.3) is 0 Å². The van der Waals surface area contributed by atoms with Crippen LogP contribution in [-0.2, 0) is 0 Å². The molecule has 2 aromatic carbocycles. The van der Waals surface area contributed by atoms with E-state index in [1.807, 2.05) is 36.5 Å². The Morgan fingerprint density at radius 1 is 1.00 bits per heavy atom. The van der Waals surface area contributed by atoms with Crippen molar-refractivity contribution in [3.05, 3.63) is 110 Å². The largest absolute Gasteiger partial charge is 0.351 e. The topological polar surface area (TPSA) is 33.1 Å². The average Bonchev–Trinajstić information content (AvgIpc) is 3.32. The molecule has 0 aliphatic carbocycles. The van der Waals surface area contributed by atoms with Crippen LogP contribution in [0.1, 0.15) is 40.3 Å². The Morgan fingerprint density at radius 2 is 1.80 bits per heavy atom. The molecule has 0 spiro atoms. The molecule has 3 heterocycles. The van der Waals surface area contributed by atoms with E-state index < -0.39 is 0 Å². The molecule has 2 aromatic heterocycles. The van der Waals surface area contributed by atoms with Crippen LogP contribution in [0.2, 0.25) is 10.0 Å². The lowest BCUT2D eigenvalue weighted by atomic mass is 9.96. The van der Waals surface area contributed by atoms with Gasteiger partial charge in [-0.2, -0.15) is 0 Å². The van der Waals surface area contributed by atoms with E-state index >= 15 is 0 Å². The highest BCUT2D eigenvalue weighted by atomic mass is 79.9. The van der Waals surface area contributed by atoms with Crippen LogP contribution < -0.4 is 10.2 Å². The van der Waals surface area contributed by atoms with Gasteiger partial charge in [0.1, 0.15) is 0 Å². The third-order valence-corrected chi connectivity index (χ3v) is 8.20. The lowest BCUT2D eigenvalue weighted by Gasteiger charge is -2.28. The van der Waals surface area contributed by atoms with E-state index in [0.29, 0.717) is 15.2 Å². The molecule has 5 rings (SSSR count). The standard InChI is InChI=1S/C27H23BrCl2N4S/c1-15-12-19(8-9-21(15)28)34-26(25(32-27(34)35)23-6-4-5-11-31-23)20-13-16(2)33(17(20)3)24-10-7-18(29)14-22(24)30/h4-14,25-26H,1-3H3,(H,32,35)/t25-,26+/m1/s1. The van der Waals surface area contributed by atoms with Crippen LogP contribution in [0.3, 0.4) is 0 Å². The summed E-state index contributed by atoms with van der Waals surface area (Å²) in [4.78, 5) is 6.87. The van der Waals surface area contributed by atoms with Gasteiger partial charge in [-0.3, -0.25) is 4.98 Å². The van der Waals surface area contributed by atoms with E-state index in [-0.39, 0.29) is 12.1 Å². The Morgan fingerprint density at radius 3 is 2.49 bits per heavy atom. The maximum Gasteiger partial charge on any atom is 0.174 e. The minimum atomic E-state index is -0.123. The van der Waals surface area contributed by atoms with Crippen molar-refractivity contribution >= 4 is 62.1 Å². The van der Waals surface area contributed by atoms with E-state index in [4.69, 9.17) is 35.4 Å². The zero-order valence-corrected chi connectivity index (χ0v) is 23.3. The van der Waals surface area contributed by atoms with Gasteiger partial charge in [0, 0.05) is 32.8 Å². The molecule has 2 atom stereocenters. The second-order valence-corrected chi connectivity index (χ2v) is 10.8. The molecular formula is C27H23BrCl2N4S. The van der Waals surface area contributed by atoms with E-state index in [9.17, 15) is 0 Å². The maximum absolute atomic E-state index is 6.62. The van der Waals surface area contributed by atoms with E-state index in [0.717, 1.165) is 44.1 Å². The zero-order valence-electron chi connectivity index (χ0n) is 19.4. The summed E-state index contributed by atoms with van der Waals surface area (Å²) in [5.41, 5.74) is 7.31. The summed E-state index contributed by atoms with van der Waals surface area (Å²) in [5, 5.41) is 5.43. The van der Waals surface area contributed by atoms with Crippen molar-refractivity contribution in [3.8, 4) is 5.69 Å². The van der Waals surface area contributed by atoms with Crippen molar-refractivity contribution in [1.29, 1.82) is 0 Å². The summed E-state index contributed by atoms with van der Waals surface area (Å²) in [6.45, 7) is 6.29. The molecule has 4 nitrogen and oxygen atoms in total. The lowest BCUT2D eigenvalue weighted by Crippen LogP contribution is -2.29. The number of nitrogens with zero attached hydrogens (tertiary/aromatic N) is 3. The molecule has 1 aliphatic rings. The van der Waals surface area contributed by atoms with Crippen LogP contribution in [0, 0.1) is 20.8 Å². The first-order valence-corrected chi connectivity index (χ1v) is 13.1. The quantitative estimate of drug-likeness (QED) is 0.246. The van der Waals surface area contributed by atoms with Gasteiger partial charge in [-0.25, -0.2) is 0 Å². The normalized spacial score (nSPS) is 17.7. The van der Waals surface area contributed by atoms with E-state index in [1.54, 1.807) is 6.07 Å². The zero-order chi connectivity index (χ0) is 24.9. The predicted octanol–water partition coefficient (Wildman–Crippen LogP) is 8.04. The number of nitrogens with one attached hydrogen (secondary N) is 1. The number of benzene rings is 2. The molecule has 0 saturated carbocycles. The van der Waals surface area contributed by atoms with Gasteiger partial charge in [-0.1, -0.05) is 45.2 Å². The van der Waals surface area contributed by atoms with Crippen molar-refractivity contribution in [2.45, 2.75) is 32.9 Å². The molecule has 1 saturated heterocycles. The molecule has 8 heteroatoms. The molecule has 35 heavy (non-hydrogen) atoms. The molecule has 1 N–H and O–H groups in total. The van der Waals surface area contributed by atoms with Crippen molar-refractivity contribution in [1.82, 2.24) is 14.9 Å². The Bertz CT molecular complexity index is 1440. The highest BCUT2D eigenvalue weighted by Crippen LogP contribution is 2.44. The average molecular weight is 586 g/mol. The summed E-state index contributed by atoms with van der Waals surface area (Å²) in [7, 11) is 0. The highest BCUT2D eigenvalue weighted by molar-refractivity contribution is 9.10. The fraction of sp³-hybridized carbons (Fsp3) is 0.185. The van der Waals surface area contributed by atoms with Crippen LogP contribution in [0.5, 0.6) is 0 Å². The number of aromatic nitrogens is 2. The van der Waals surface area contributed by atoms with Gasteiger partial charge in [-0.15, -0.1) is 0 Å². The van der Waals surface area contributed by atoms with Gasteiger partial charge in [-0.05, 0) is 98.7 Å². The second-order valence-electron chi connectivity index (χ2n) is 8.69. The number of halogens is 3. The second kappa shape index (κ2) is 9.58. The SMILES string of the molecule is Cc1cc(N2C(=S)N[C@H](c3ccccn3)[C@@H]2c2cc(C)n(-c3ccc(Cl)cc3Cl)c2C)ccc1Br. The third kappa shape index (κ3) is 4.38. The third-order valence-electron chi connectivity index (χ3n) is 6.46. The number of pyridine rings is 1. The first-order valence-electron chi connectivity index (χ1n) is 11.2. The fourth-order valence-electron chi connectivity index (χ4n) is 4.85. The van der Waals surface area contributed by atoms with Crippen LogP contribution >= 0.6 is 51.3 Å². The van der Waals surface area contributed by atoms with E-state index in [1.165, 1.54) is 0 Å². The molecule has 178 valence electrons. The minimum absolute atomic E-state index is 0.107. The summed E-state index contributed by atoms with van der Waals surface area (Å²) in [5.74, 6) is 0. The number of hydrogen-bond donors (Lipinski definition) is 1. The fourth-order valence-corrected chi connectivity index (χ4v) is 5.93. The summed E-state index contributed by atoms with van der Waals surface area (Å²) >= 11 is 22.3. The van der Waals surface area contributed by atoms with Crippen molar-refractivity contribution < 1.29 is 0 Å². The van der Waals surface area contributed by atoms with Gasteiger partial charge in [0.2, 0.25) is 0 Å². The van der Waals surface area contributed by atoms with Gasteiger partial charge < -0.3 is 14.8 Å². The monoisotopic (exact) mass is 584 g/mol. The van der Waals surface area contributed by atoms with Crippen LogP contribution in [-0.4, -0.2) is 14.7 Å². The maximum atomic E-state index is 6.62. The summed E-state index contributed by atoms with van der Waals surface area (Å²) in [6, 6.07) is 19.9. The summed E-state index contributed by atoms with van der Waals surface area (Å²) < 4.78 is 3.24.